The Labute approximate surface area is 232 Å². The summed E-state index contributed by atoms with van der Waals surface area (Å²) < 4.78 is 45.4. The lowest BCUT2D eigenvalue weighted by Crippen LogP contribution is -2.40. The van der Waals surface area contributed by atoms with E-state index in [4.69, 9.17) is 4.74 Å². The van der Waals surface area contributed by atoms with Gasteiger partial charge in [0.05, 0.1) is 30.1 Å². The van der Waals surface area contributed by atoms with E-state index in [1.165, 1.54) is 12.1 Å². The third kappa shape index (κ3) is 4.95. The fraction of sp³-hybridized carbons (Fsp3) is 0.567. The van der Waals surface area contributed by atoms with Crippen molar-refractivity contribution < 1.29 is 27.5 Å². The van der Waals surface area contributed by atoms with Crippen LogP contribution in [0.2, 0.25) is 0 Å². The molecular weight excluding hydrogens is 521 g/mol. The average molecular weight is 557 g/mol. The largest absolute Gasteiger partial charge is 0.433 e. The van der Waals surface area contributed by atoms with Gasteiger partial charge in [-0.2, -0.15) is 13.2 Å². The first-order chi connectivity index (χ1) is 18.9. The molecule has 7 nitrogen and oxygen atoms in total. The van der Waals surface area contributed by atoms with Crippen molar-refractivity contribution in [1.29, 1.82) is 0 Å². The van der Waals surface area contributed by atoms with Gasteiger partial charge in [0.15, 0.2) is 0 Å². The Bertz CT molecular complexity index is 1330. The molecule has 0 spiro atoms. The maximum atomic E-state index is 13.7. The second kappa shape index (κ2) is 9.75. The van der Waals surface area contributed by atoms with E-state index in [9.17, 15) is 22.8 Å². The number of morpholine rings is 1. The molecule has 4 aliphatic rings. The van der Waals surface area contributed by atoms with Crippen molar-refractivity contribution in [2.75, 3.05) is 23.4 Å². The first-order valence-corrected chi connectivity index (χ1v) is 14.1. The van der Waals surface area contributed by atoms with E-state index >= 15 is 0 Å². The van der Waals surface area contributed by atoms with Gasteiger partial charge in [0.1, 0.15) is 11.4 Å². The Kier molecular flexibility index (Phi) is 6.59. The van der Waals surface area contributed by atoms with Crippen molar-refractivity contribution in [3.63, 3.8) is 0 Å². The Hall–Kier alpha value is -3.14. The normalized spacial score (nSPS) is 26.4. The summed E-state index contributed by atoms with van der Waals surface area (Å²) in [6.45, 7) is 8.47. The van der Waals surface area contributed by atoms with Gasteiger partial charge in [0.2, 0.25) is 0 Å². The van der Waals surface area contributed by atoms with E-state index in [2.05, 4.69) is 36.0 Å². The van der Waals surface area contributed by atoms with Crippen LogP contribution >= 0.6 is 0 Å². The molecule has 1 aromatic heterocycles. The molecule has 0 radical (unpaired) electrons. The van der Waals surface area contributed by atoms with Crippen LogP contribution in [0.4, 0.5) is 24.5 Å². The topological polar surface area (TPSA) is 74.8 Å². The number of anilines is 2. The van der Waals surface area contributed by atoms with Crippen molar-refractivity contribution in [2.45, 2.75) is 83.8 Å². The Morgan fingerprint density at radius 2 is 1.80 bits per heavy atom. The number of benzene rings is 1. The maximum Gasteiger partial charge on any atom is 0.433 e. The van der Waals surface area contributed by atoms with E-state index in [1.807, 2.05) is 17.0 Å². The molecule has 2 aromatic rings. The van der Waals surface area contributed by atoms with Gasteiger partial charge in [-0.1, -0.05) is 26.8 Å². The number of amides is 2. The fourth-order valence-electron chi connectivity index (χ4n) is 6.86. The molecule has 3 aliphatic heterocycles. The van der Waals surface area contributed by atoms with Crippen LogP contribution in [0.5, 0.6) is 0 Å². The van der Waals surface area contributed by atoms with Crippen LogP contribution in [-0.4, -0.2) is 53.0 Å². The zero-order chi connectivity index (χ0) is 28.4. The summed E-state index contributed by atoms with van der Waals surface area (Å²) in [4.78, 5) is 34.5. The van der Waals surface area contributed by atoms with Crippen LogP contribution in [0.15, 0.2) is 30.3 Å². The molecular formula is C30H35F3N4O3. The summed E-state index contributed by atoms with van der Waals surface area (Å²) in [5, 5.41) is 2.82. The zero-order valence-electron chi connectivity index (χ0n) is 23.1. The molecule has 2 saturated heterocycles. The second-order valence-corrected chi connectivity index (χ2v) is 12.7. The third-order valence-corrected chi connectivity index (χ3v) is 9.15. The van der Waals surface area contributed by atoms with Gasteiger partial charge in [0.25, 0.3) is 11.8 Å². The van der Waals surface area contributed by atoms with Crippen LogP contribution < -0.4 is 10.2 Å². The predicted octanol–water partition coefficient (Wildman–Crippen LogP) is 5.89. The van der Waals surface area contributed by atoms with Gasteiger partial charge in [-0.15, -0.1) is 0 Å². The number of rotatable bonds is 4. The van der Waals surface area contributed by atoms with Crippen LogP contribution in [0.1, 0.15) is 85.0 Å². The van der Waals surface area contributed by atoms with Crippen molar-refractivity contribution >= 4 is 23.2 Å². The first kappa shape index (κ1) is 27.1. The van der Waals surface area contributed by atoms with E-state index < -0.39 is 17.8 Å². The number of carbonyl (C=O) groups excluding carboxylic acids is 2. The Balaban J connectivity index is 1.28. The molecule has 40 heavy (non-hydrogen) atoms. The highest BCUT2D eigenvalue weighted by Gasteiger charge is 2.42. The molecule has 4 heterocycles. The summed E-state index contributed by atoms with van der Waals surface area (Å²) in [6.07, 6.45) is 0.385. The smallest absolute Gasteiger partial charge is 0.374 e. The number of nitrogens with zero attached hydrogens (tertiary/aromatic N) is 3. The molecule has 1 aromatic carbocycles. The lowest BCUT2D eigenvalue weighted by molar-refractivity contribution is -0.141. The number of pyridine rings is 1. The Morgan fingerprint density at radius 1 is 1.05 bits per heavy atom. The number of hydrogen-bond acceptors (Lipinski definition) is 5. The number of ether oxygens (including phenoxy) is 1. The molecule has 1 aliphatic carbocycles. The molecule has 2 amide bonds. The number of fused-ring (bicyclic) bond motifs is 3. The lowest BCUT2D eigenvalue weighted by Gasteiger charge is -2.39. The minimum Gasteiger partial charge on any atom is -0.374 e. The molecule has 3 fully saturated rings. The molecule has 0 unspecified atom stereocenters. The number of alkyl halides is 3. The van der Waals surface area contributed by atoms with Crippen molar-refractivity contribution in [2.24, 2.45) is 11.3 Å². The SMILES string of the molecule is CC(C)(C)C1CCC(N2Cc3cc(NC(=O)c4cccc(C(F)(F)F)n4)c(N4C[C@@H]5C[C@H]4CO5)cc3C2=O)CC1. The summed E-state index contributed by atoms with van der Waals surface area (Å²) in [6, 6.07) is 7.25. The highest BCUT2D eigenvalue weighted by Crippen LogP contribution is 2.43. The summed E-state index contributed by atoms with van der Waals surface area (Å²) in [5.74, 6) is -0.0856. The number of hydrogen-bond donors (Lipinski definition) is 1. The van der Waals surface area contributed by atoms with Gasteiger partial charge in [-0.05, 0) is 73.3 Å². The van der Waals surface area contributed by atoms with E-state index in [-0.39, 0.29) is 35.2 Å². The second-order valence-electron chi connectivity index (χ2n) is 12.7. The number of nitrogens with one attached hydrogen (secondary N) is 1. The summed E-state index contributed by atoms with van der Waals surface area (Å²) >= 11 is 0. The predicted molar refractivity (Wildman–Crippen MR) is 144 cm³/mol. The quantitative estimate of drug-likeness (QED) is 0.508. The lowest BCUT2D eigenvalue weighted by atomic mass is 9.71. The summed E-state index contributed by atoms with van der Waals surface area (Å²) in [7, 11) is 0. The van der Waals surface area contributed by atoms with Crippen molar-refractivity contribution in [1.82, 2.24) is 9.88 Å². The van der Waals surface area contributed by atoms with Crippen molar-refractivity contribution in [3.05, 3.63) is 52.8 Å². The third-order valence-electron chi connectivity index (χ3n) is 9.15. The highest BCUT2D eigenvalue weighted by atomic mass is 19.4. The van der Waals surface area contributed by atoms with Gasteiger partial charge in [-0.3, -0.25) is 9.59 Å². The minimum atomic E-state index is -4.65. The van der Waals surface area contributed by atoms with Gasteiger partial charge in [-0.25, -0.2) is 4.98 Å². The molecule has 10 heteroatoms. The minimum absolute atomic E-state index is 0.00786. The van der Waals surface area contributed by atoms with Gasteiger partial charge in [0, 0.05) is 24.7 Å². The van der Waals surface area contributed by atoms with Crippen molar-refractivity contribution in [3.8, 4) is 0 Å². The molecule has 1 saturated carbocycles. The van der Waals surface area contributed by atoms with Crippen LogP contribution in [0.3, 0.4) is 0 Å². The summed E-state index contributed by atoms with van der Waals surface area (Å²) in [5.41, 5.74) is 1.43. The number of aromatic nitrogens is 1. The van der Waals surface area contributed by atoms with Crippen LogP contribution in [0, 0.1) is 11.3 Å². The molecule has 1 N–H and O–H groups in total. The molecule has 6 rings (SSSR count). The van der Waals surface area contributed by atoms with Crippen LogP contribution in [0.25, 0.3) is 0 Å². The molecule has 2 atom stereocenters. The van der Waals surface area contributed by atoms with E-state index in [1.54, 1.807) is 0 Å². The highest BCUT2D eigenvalue weighted by molar-refractivity contribution is 6.07. The standard InChI is InChI=1S/C30H35F3N4O3/c1-29(2,3)18-7-9-19(10-8-18)37-14-17-11-24(35-27(38)23-5-4-6-26(34-23)30(31,32)33)25(13-22(17)28(37)39)36-15-21-12-20(36)16-40-21/h4-6,11,13,18-21H,7-10,12,14-16H2,1-3H3,(H,35,38)/t18?,19?,20-,21-/m0/s1. The number of halogens is 3. The molecule has 2 bridgehead atoms. The van der Waals surface area contributed by atoms with E-state index in [0.29, 0.717) is 42.6 Å². The fourth-order valence-corrected chi connectivity index (χ4v) is 6.86. The average Bonchev–Trinajstić information content (AvgIpc) is 3.62. The van der Waals surface area contributed by atoms with E-state index in [0.717, 1.165) is 43.7 Å². The monoisotopic (exact) mass is 556 g/mol. The maximum absolute atomic E-state index is 13.7. The van der Waals surface area contributed by atoms with Gasteiger partial charge < -0.3 is 19.9 Å². The number of carbonyl (C=O) groups is 2. The molecule has 214 valence electrons. The first-order valence-electron chi connectivity index (χ1n) is 14.1. The Morgan fingerprint density at radius 3 is 2.42 bits per heavy atom. The van der Waals surface area contributed by atoms with Gasteiger partial charge >= 0.3 is 6.18 Å². The van der Waals surface area contributed by atoms with Crippen LogP contribution in [-0.2, 0) is 17.5 Å². The zero-order valence-corrected chi connectivity index (χ0v) is 23.1.